The highest BCUT2D eigenvalue weighted by molar-refractivity contribution is 7.89. The van der Waals surface area contributed by atoms with E-state index >= 15 is 0 Å². The number of hydrogen-bond acceptors (Lipinski definition) is 5. The van der Waals surface area contributed by atoms with Crippen molar-refractivity contribution in [3.05, 3.63) is 45.3 Å². The molecule has 8 heteroatoms. The largest absolute Gasteiger partial charge is 0.359 e. The number of rotatable bonds is 7. The molecule has 1 aromatic carbocycles. The fourth-order valence-electron chi connectivity index (χ4n) is 3.01. The van der Waals surface area contributed by atoms with Crippen molar-refractivity contribution in [2.24, 2.45) is 0 Å². The van der Waals surface area contributed by atoms with Crippen molar-refractivity contribution >= 4 is 15.9 Å². The predicted molar refractivity (Wildman–Crippen MR) is 103 cm³/mol. The van der Waals surface area contributed by atoms with Crippen LogP contribution in [0.2, 0.25) is 0 Å². The van der Waals surface area contributed by atoms with Crippen molar-refractivity contribution in [3.63, 3.8) is 0 Å². The molecule has 1 aromatic heterocycles. The Bertz CT molecular complexity index is 933. The van der Waals surface area contributed by atoms with Crippen LogP contribution in [-0.2, 0) is 21.4 Å². The summed E-state index contributed by atoms with van der Waals surface area (Å²) < 4.78 is 33.1. The van der Waals surface area contributed by atoms with Gasteiger partial charge in [0.2, 0.25) is 15.9 Å². The first-order valence-electron chi connectivity index (χ1n) is 8.80. The fourth-order valence-corrected chi connectivity index (χ4v) is 4.64. The molecule has 0 aliphatic carbocycles. The van der Waals surface area contributed by atoms with Crippen molar-refractivity contribution in [2.45, 2.75) is 59.4 Å². The highest BCUT2D eigenvalue weighted by Crippen LogP contribution is 2.29. The lowest BCUT2D eigenvalue weighted by Gasteiger charge is -2.19. The number of hydrogen-bond donors (Lipinski definition) is 2. The van der Waals surface area contributed by atoms with Gasteiger partial charge < -0.3 is 9.84 Å². The van der Waals surface area contributed by atoms with E-state index in [0.717, 1.165) is 33.5 Å². The minimum atomic E-state index is -3.70. The van der Waals surface area contributed by atoms with Crippen molar-refractivity contribution < 1.29 is 17.7 Å². The van der Waals surface area contributed by atoms with E-state index in [1.807, 2.05) is 34.6 Å². The molecule has 2 rings (SSSR count). The van der Waals surface area contributed by atoms with Crippen molar-refractivity contribution in [1.82, 2.24) is 15.2 Å². The molecular weight excluding hydrogens is 366 g/mol. The molecule has 148 valence electrons. The van der Waals surface area contributed by atoms with Gasteiger partial charge in [-0.05, 0) is 69.4 Å². The standard InChI is InChI=1S/C19H27N3O4S/c1-11-9-17(26-22-11)10-20-18(23)7-8-21-27(24,25)19-15(5)13(3)12(2)14(4)16(19)6/h9,21H,7-8,10H2,1-6H3,(H,20,23). The maximum Gasteiger partial charge on any atom is 0.241 e. The number of aromatic nitrogens is 1. The van der Waals surface area contributed by atoms with Gasteiger partial charge in [-0.1, -0.05) is 5.16 Å². The zero-order chi connectivity index (χ0) is 20.4. The summed E-state index contributed by atoms with van der Waals surface area (Å²) in [6, 6.07) is 1.73. The third kappa shape index (κ3) is 4.75. The Morgan fingerprint density at radius 2 is 1.56 bits per heavy atom. The molecule has 0 fully saturated rings. The molecule has 0 saturated carbocycles. The Hall–Kier alpha value is -2.19. The van der Waals surface area contributed by atoms with E-state index in [1.165, 1.54) is 0 Å². The summed E-state index contributed by atoms with van der Waals surface area (Å²) >= 11 is 0. The monoisotopic (exact) mass is 393 g/mol. The molecule has 0 radical (unpaired) electrons. The molecule has 0 saturated heterocycles. The van der Waals surface area contributed by atoms with Crippen molar-refractivity contribution in [1.29, 1.82) is 0 Å². The number of aryl methyl sites for hydroxylation is 1. The van der Waals surface area contributed by atoms with Crippen LogP contribution in [-0.4, -0.2) is 26.0 Å². The van der Waals surface area contributed by atoms with Gasteiger partial charge in [-0.25, -0.2) is 13.1 Å². The predicted octanol–water partition coefficient (Wildman–Crippen LogP) is 2.51. The lowest BCUT2D eigenvalue weighted by Crippen LogP contribution is -2.31. The van der Waals surface area contributed by atoms with E-state index in [9.17, 15) is 13.2 Å². The van der Waals surface area contributed by atoms with Gasteiger partial charge in [0.25, 0.3) is 0 Å². The molecular formula is C19H27N3O4S. The van der Waals surface area contributed by atoms with Gasteiger partial charge >= 0.3 is 0 Å². The number of nitrogens with one attached hydrogen (secondary N) is 2. The van der Waals surface area contributed by atoms with E-state index in [1.54, 1.807) is 13.0 Å². The smallest absolute Gasteiger partial charge is 0.241 e. The summed E-state index contributed by atoms with van der Waals surface area (Å²) in [5.41, 5.74) is 5.27. The lowest BCUT2D eigenvalue weighted by molar-refractivity contribution is -0.121. The molecule has 0 aliphatic heterocycles. The van der Waals surface area contributed by atoms with Gasteiger partial charge in [-0.3, -0.25) is 4.79 Å². The third-order valence-corrected chi connectivity index (χ3v) is 6.71. The minimum absolute atomic E-state index is 0.0223. The van der Waals surface area contributed by atoms with Crippen LogP contribution in [0.15, 0.2) is 15.5 Å². The number of carbonyl (C=O) groups excluding carboxylic acids is 1. The van der Waals surface area contributed by atoms with Crippen LogP contribution in [0.4, 0.5) is 0 Å². The molecule has 2 aromatic rings. The molecule has 0 spiro atoms. The maximum atomic E-state index is 12.8. The first-order valence-corrected chi connectivity index (χ1v) is 10.3. The van der Waals surface area contributed by atoms with Gasteiger partial charge in [0.15, 0.2) is 5.76 Å². The van der Waals surface area contributed by atoms with Crippen LogP contribution in [0, 0.1) is 41.5 Å². The van der Waals surface area contributed by atoms with Gasteiger partial charge in [-0.2, -0.15) is 0 Å². The Balaban J connectivity index is 2.00. The minimum Gasteiger partial charge on any atom is -0.359 e. The second-order valence-electron chi connectivity index (χ2n) is 6.81. The van der Waals surface area contributed by atoms with E-state index < -0.39 is 10.0 Å². The van der Waals surface area contributed by atoms with E-state index in [-0.39, 0.29) is 25.4 Å². The summed E-state index contributed by atoms with van der Waals surface area (Å²) in [7, 11) is -3.70. The Morgan fingerprint density at radius 1 is 1.00 bits per heavy atom. The molecule has 0 bridgehead atoms. The normalized spacial score (nSPS) is 11.6. The quantitative estimate of drug-likeness (QED) is 0.753. The van der Waals surface area contributed by atoms with E-state index in [0.29, 0.717) is 10.7 Å². The second kappa shape index (κ2) is 8.22. The average Bonchev–Trinajstić information content (AvgIpc) is 3.01. The molecule has 1 heterocycles. The number of sulfonamides is 1. The zero-order valence-corrected chi connectivity index (χ0v) is 17.5. The van der Waals surface area contributed by atoms with Gasteiger partial charge in [0.05, 0.1) is 17.1 Å². The molecule has 0 aliphatic rings. The topological polar surface area (TPSA) is 101 Å². The molecule has 1 amide bonds. The molecule has 27 heavy (non-hydrogen) atoms. The zero-order valence-electron chi connectivity index (χ0n) is 16.7. The third-order valence-electron chi connectivity index (χ3n) is 4.98. The van der Waals surface area contributed by atoms with Crippen molar-refractivity contribution in [3.8, 4) is 0 Å². The van der Waals surface area contributed by atoms with Crippen LogP contribution in [0.3, 0.4) is 0 Å². The number of nitrogens with zero attached hydrogens (tertiary/aromatic N) is 1. The lowest BCUT2D eigenvalue weighted by atomic mass is 9.95. The molecule has 7 nitrogen and oxygen atoms in total. The number of benzene rings is 1. The van der Waals surface area contributed by atoms with Crippen molar-refractivity contribution in [2.75, 3.05) is 6.54 Å². The summed E-state index contributed by atoms with van der Waals surface area (Å²) in [5, 5.41) is 6.42. The maximum absolute atomic E-state index is 12.8. The molecule has 0 atom stereocenters. The first kappa shape index (κ1) is 21.1. The highest BCUT2D eigenvalue weighted by atomic mass is 32.2. The Labute approximate surface area is 160 Å². The highest BCUT2D eigenvalue weighted by Gasteiger charge is 2.23. The first-order chi connectivity index (χ1) is 12.5. The summed E-state index contributed by atoms with van der Waals surface area (Å²) in [6.07, 6.45) is 0.0360. The summed E-state index contributed by atoms with van der Waals surface area (Å²) in [6.45, 7) is 11.5. The molecule has 2 N–H and O–H groups in total. The van der Waals surface area contributed by atoms with Gasteiger partial charge in [-0.15, -0.1) is 0 Å². The second-order valence-corrected chi connectivity index (χ2v) is 8.52. The average molecular weight is 394 g/mol. The van der Waals surface area contributed by atoms with Crippen LogP contribution in [0.1, 0.15) is 45.7 Å². The van der Waals surface area contributed by atoms with Crippen LogP contribution in [0.25, 0.3) is 0 Å². The Morgan fingerprint density at radius 3 is 2.07 bits per heavy atom. The van der Waals surface area contributed by atoms with Crippen LogP contribution < -0.4 is 10.0 Å². The van der Waals surface area contributed by atoms with E-state index in [4.69, 9.17) is 4.52 Å². The summed E-state index contributed by atoms with van der Waals surface area (Å²) in [5.74, 6) is 0.287. The Kier molecular flexibility index (Phi) is 6.43. The van der Waals surface area contributed by atoms with E-state index in [2.05, 4.69) is 15.2 Å². The number of carbonyl (C=O) groups is 1. The fraction of sp³-hybridized carbons (Fsp3) is 0.474. The van der Waals surface area contributed by atoms with Crippen LogP contribution >= 0.6 is 0 Å². The van der Waals surface area contributed by atoms with Crippen LogP contribution in [0.5, 0.6) is 0 Å². The van der Waals surface area contributed by atoms with Gasteiger partial charge in [0, 0.05) is 19.0 Å². The SMILES string of the molecule is Cc1cc(CNC(=O)CCNS(=O)(=O)c2c(C)c(C)c(C)c(C)c2C)on1. The van der Waals surface area contributed by atoms with Gasteiger partial charge in [0.1, 0.15) is 0 Å². The number of amides is 1. The summed E-state index contributed by atoms with van der Waals surface area (Å²) in [4.78, 5) is 12.2. The molecule has 0 unspecified atom stereocenters.